The second-order valence-corrected chi connectivity index (χ2v) is 6.85. The lowest BCUT2D eigenvalue weighted by Gasteiger charge is -2.29. The minimum Gasteiger partial charge on any atom is -0.480 e. The van der Waals surface area contributed by atoms with Crippen molar-refractivity contribution in [1.29, 1.82) is 0 Å². The SMILES string of the molecule is CC1CCC(NC(=O)NC(C(=O)O)C2CCCCC2)C1C. The van der Waals surface area contributed by atoms with E-state index >= 15 is 0 Å². The number of nitrogens with one attached hydrogen (secondary N) is 2. The molecule has 2 aliphatic carbocycles. The van der Waals surface area contributed by atoms with Gasteiger partial charge >= 0.3 is 12.0 Å². The molecule has 0 saturated heterocycles. The van der Waals surface area contributed by atoms with Crippen LogP contribution in [-0.2, 0) is 4.79 Å². The number of urea groups is 1. The molecular weight excluding hydrogens is 268 g/mol. The molecule has 4 atom stereocenters. The summed E-state index contributed by atoms with van der Waals surface area (Å²) in [6.45, 7) is 4.35. The van der Waals surface area contributed by atoms with Gasteiger partial charge in [-0.15, -0.1) is 0 Å². The van der Waals surface area contributed by atoms with Gasteiger partial charge in [0, 0.05) is 6.04 Å². The molecule has 5 heteroatoms. The van der Waals surface area contributed by atoms with Gasteiger partial charge in [-0.3, -0.25) is 0 Å². The van der Waals surface area contributed by atoms with Crippen molar-refractivity contribution in [3.8, 4) is 0 Å². The molecule has 4 unspecified atom stereocenters. The summed E-state index contributed by atoms with van der Waals surface area (Å²) in [5.41, 5.74) is 0. The van der Waals surface area contributed by atoms with Crippen LogP contribution < -0.4 is 10.6 Å². The molecule has 0 aromatic rings. The van der Waals surface area contributed by atoms with Crippen molar-refractivity contribution in [2.45, 2.75) is 70.9 Å². The van der Waals surface area contributed by atoms with Crippen LogP contribution in [0.3, 0.4) is 0 Å². The highest BCUT2D eigenvalue weighted by Crippen LogP contribution is 2.31. The maximum Gasteiger partial charge on any atom is 0.326 e. The van der Waals surface area contributed by atoms with Crippen LogP contribution in [0.5, 0.6) is 0 Å². The highest BCUT2D eigenvalue weighted by atomic mass is 16.4. The normalized spacial score (nSPS) is 31.6. The van der Waals surface area contributed by atoms with E-state index in [1.165, 1.54) is 6.42 Å². The zero-order valence-electron chi connectivity index (χ0n) is 13.1. The Balaban J connectivity index is 1.87. The fourth-order valence-corrected chi connectivity index (χ4v) is 3.77. The summed E-state index contributed by atoms with van der Waals surface area (Å²) in [5.74, 6) is 0.226. The Kier molecular flexibility index (Phi) is 5.48. The van der Waals surface area contributed by atoms with Gasteiger partial charge in [0.05, 0.1) is 0 Å². The van der Waals surface area contributed by atoms with Crippen molar-refractivity contribution >= 4 is 12.0 Å². The zero-order valence-corrected chi connectivity index (χ0v) is 13.1. The Bertz CT molecular complexity index is 380. The lowest BCUT2D eigenvalue weighted by atomic mass is 9.84. The van der Waals surface area contributed by atoms with Crippen LogP contribution in [0.2, 0.25) is 0 Å². The monoisotopic (exact) mass is 296 g/mol. The third kappa shape index (κ3) is 4.11. The average molecular weight is 296 g/mol. The standard InChI is InChI=1S/C16H28N2O3/c1-10-8-9-13(11(10)2)17-16(21)18-14(15(19)20)12-6-4-3-5-7-12/h10-14H,3-9H2,1-2H3,(H,19,20)(H2,17,18,21). The van der Waals surface area contributed by atoms with Crippen LogP contribution in [0.15, 0.2) is 0 Å². The van der Waals surface area contributed by atoms with Gasteiger partial charge in [0.15, 0.2) is 0 Å². The van der Waals surface area contributed by atoms with E-state index in [1.807, 2.05) is 0 Å². The second kappa shape index (κ2) is 7.14. The van der Waals surface area contributed by atoms with Crippen molar-refractivity contribution < 1.29 is 14.7 Å². The second-order valence-electron chi connectivity index (χ2n) is 6.85. The topological polar surface area (TPSA) is 78.4 Å². The molecule has 0 aromatic heterocycles. The molecule has 0 aliphatic heterocycles. The van der Waals surface area contributed by atoms with E-state index < -0.39 is 12.0 Å². The molecule has 0 spiro atoms. The van der Waals surface area contributed by atoms with Crippen LogP contribution in [0, 0.1) is 17.8 Å². The summed E-state index contributed by atoms with van der Waals surface area (Å²) in [7, 11) is 0. The van der Waals surface area contributed by atoms with Crippen molar-refractivity contribution in [3.05, 3.63) is 0 Å². The van der Waals surface area contributed by atoms with E-state index in [1.54, 1.807) is 0 Å². The fourth-order valence-electron chi connectivity index (χ4n) is 3.77. The lowest BCUT2D eigenvalue weighted by Crippen LogP contribution is -2.52. The summed E-state index contributed by atoms with van der Waals surface area (Å²) in [6, 6.07) is -0.904. The van der Waals surface area contributed by atoms with Gasteiger partial charge in [-0.25, -0.2) is 9.59 Å². The van der Waals surface area contributed by atoms with Crippen LogP contribution in [0.25, 0.3) is 0 Å². The first kappa shape index (κ1) is 16.1. The number of hydrogen-bond acceptors (Lipinski definition) is 2. The highest BCUT2D eigenvalue weighted by molar-refractivity contribution is 5.82. The maximum atomic E-state index is 12.1. The summed E-state index contributed by atoms with van der Waals surface area (Å²) < 4.78 is 0. The number of carbonyl (C=O) groups is 2. The number of carbonyl (C=O) groups excluding carboxylic acids is 1. The molecule has 2 fully saturated rings. The number of amides is 2. The Labute approximate surface area is 126 Å². The van der Waals surface area contributed by atoms with E-state index in [2.05, 4.69) is 24.5 Å². The predicted molar refractivity (Wildman–Crippen MR) is 81.0 cm³/mol. The number of carboxylic acid groups (broad SMARTS) is 1. The molecule has 0 aromatic carbocycles. The molecule has 0 heterocycles. The third-order valence-electron chi connectivity index (χ3n) is 5.46. The molecule has 2 aliphatic rings. The molecule has 2 rings (SSSR count). The number of hydrogen-bond donors (Lipinski definition) is 3. The quantitative estimate of drug-likeness (QED) is 0.746. The molecule has 2 saturated carbocycles. The first-order chi connectivity index (χ1) is 9.99. The molecule has 0 radical (unpaired) electrons. The summed E-state index contributed by atoms with van der Waals surface area (Å²) in [5, 5.41) is 15.1. The third-order valence-corrected chi connectivity index (χ3v) is 5.46. The smallest absolute Gasteiger partial charge is 0.326 e. The van der Waals surface area contributed by atoms with Crippen molar-refractivity contribution in [3.63, 3.8) is 0 Å². The molecular formula is C16H28N2O3. The summed E-state index contributed by atoms with van der Waals surface area (Å²) in [4.78, 5) is 23.6. The number of aliphatic carboxylic acids is 1. The average Bonchev–Trinajstić information content (AvgIpc) is 2.77. The lowest BCUT2D eigenvalue weighted by molar-refractivity contribution is -0.141. The largest absolute Gasteiger partial charge is 0.480 e. The van der Waals surface area contributed by atoms with Gasteiger partial charge in [0.1, 0.15) is 6.04 Å². The van der Waals surface area contributed by atoms with Gasteiger partial charge in [0.2, 0.25) is 0 Å². The molecule has 2 amide bonds. The Morgan fingerprint density at radius 3 is 2.24 bits per heavy atom. The number of rotatable bonds is 4. The van der Waals surface area contributed by atoms with Crippen molar-refractivity contribution in [1.82, 2.24) is 10.6 Å². The first-order valence-electron chi connectivity index (χ1n) is 8.29. The van der Waals surface area contributed by atoms with E-state index in [9.17, 15) is 14.7 Å². The Morgan fingerprint density at radius 1 is 1.05 bits per heavy atom. The van der Waals surface area contributed by atoms with Crippen LogP contribution >= 0.6 is 0 Å². The van der Waals surface area contributed by atoms with E-state index in [-0.39, 0.29) is 18.0 Å². The van der Waals surface area contributed by atoms with Gasteiger partial charge < -0.3 is 15.7 Å². The van der Waals surface area contributed by atoms with E-state index in [4.69, 9.17) is 0 Å². The Hall–Kier alpha value is -1.26. The van der Waals surface area contributed by atoms with E-state index in [0.717, 1.165) is 38.5 Å². The molecule has 0 bridgehead atoms. The first-order valence-corrected chi connectivity index (χ1v) is 8.29. The Morgan fingerprint density at radius 2 is 1.71 bits per heavy atom. The van der Waals surface area contributed by atoms with Gasteiger partial charge in [0.25, 0.3) is 0 Å². The summed E-state index contributed by atoms with van der Waals surface area (Å²) >= 11 is 0. The molecule has 3 N–H and O–H groups in total. The summed E-state index contributed by atoms with van der Waals surface area (Å²) in [6.07, 6.45) is 7.20. The zero-order chi connectivity index (χ0) is 15.4. The van der Waals surface area contributed by atoms with Gasteiger partial charge in [-0.05, 0) is 43.4 Å². The molecule has 5 nitrogen and oxygen atoms in total. The minimum atomic E-state index is -0.912. The van der Waals surface area contributed by atoms with E-state index in [0.29, 0.717) is 11.8 Å². The van der Waals surface area contributed by atoms with Crippen LogP contribution in [0.4, 0.5) is 4.79 Å². The predicted octanol–water partition coefficient (Wildman–Crippen LogP) is 2.75. The van der Waals surface area contributed by atoms with Crippen LogP contribution in [-0.4, -0.2) is 29.2 Å². The van der Waals surface area contributed by atoms with Crippen molar-refractivity contribution in [2.75, 3.05) is 0 Å². The molecule has 21 heavy (non-hydrogen) atoms. The van der Waals surface area contributed by atoms with Gasteiger partial charge in [-0.2, -0.15) is 0 Å². The fraction of sp³-hybridized carbons (Fsp3) is 0.875. The van der Waals surface area contributed by atoms with Gasteiger partial charge in [-0.1, -0.05) is 33.1 Å². The van der Waals surface area contributed by atoms with Crippen molar-refractivity contribution in [2.24, 2.45) is 17.8 Å². The van der Waals surface area contributed by atoms with Crippen LogP contribution in [0.1, 0.15) is 58.8 Å². The number of carboxylic acids is 1. The minimum absolute atomic E-state index is 0.0712. The molecule has 120 valence electrons. The maximum absolute atomic E-state index is 12.1. The highest BCUT2D eigenvalue weighted by Gasteiger charge is 2.34.